The lowest BCUT2D eigenvalue weighted by Crippen LogP contribution is -2.51. The SMILES string of the molecule is CCNC(=S)NNCC(NNC(=S)NCC)c1ccc(CCCN2CCOCC2)o1. The second-order valence-electron chi connectivity index (χ2n) is 6.91. The molecule has 0 radical (unpaired) electrons. The Kier molecular flexibility index (Phi) is 12.0. The van der Waals surface area contributed by atoms with E-state index in [1.54, 1.807) is 0 Å². The van der Waals surface area contributed by atoms with Crippen molar-refractivity contribution < 1.29 is 9.15 Å². The van der Waals surface area contributed by atoms with Gasteiger partial charge in [-0.05, 0) is 63.4 Å². The monoisotopic (exact) mass is 457 g/mol. The van der Waals surface area contributed by atoms with Crippen LogP contribution in [-0.4, -0.2) is 67.6 Å². The van der Waals surface area contributed by atoms with Crippen molar-refractivity contribution in [2.75, 3.05) is 52.5 Å². The third kappa shape index (κ3) is 9.54. The maximum Gasteiger partial charge on any atom is 0.180 e. The highest BCUT2D eigenvalue weighted by Crippen LogP contribution is 2.17. The number of hydrogen-bond acceptors (Lipinski definition) is 7. The number of hydrazine groups is 2. The van der Waals surface area contributed by atoms with Crippen LogP contribution in [0.4, 0.5) is 0 Å². The first-order chi connectivity index (χ1) is 14.6. The first-order valence-electron chi connectivity index (χ1n) is 10.6. The molecule has 0 spiro atoms. The van der Waals surface area contributed by atoms with Crippen molar-refractivity contribution in [1.29, 1.82) is 0 Å². The molecular weight excluding hydrogens is 422 g/mol. The minimum atomic E-state index is -0.147. The van der Waals surface area contributed by atoms with E-state index in [1.807, 2.05) is 26.0 Å². The van der Waals surface area contributed by atoms with Crippen LogP contribution in [0.1, 0.15) is 37.8 Å². The predicted molar refractivity (Wildman–Crippen MR) is 127 cm³/mol. The summed E-state index contributed by atoms with van der Waals surface area (Å²) >= 11 is 10.4. The van der Waals surface area contributed by atoms with Gasteiger partial charge in [-0.3, -0.25) is 15.8 Å². The number of hydrogen-bond donors (Lipinski definition) is 6. The fraction of sp³-hybridized carbons (Fsp3) is 0.684. The number of aryl methyl sites for hydroxylation is 1. The van der Waals surface area contributed by atoms with Gasteiger partial charge in [0.15, 0.2) is 10.2 Å². The van der Waals surface area contributed by atoms with Crippen molar-refractivity contribution in [2.45, 2.75) is 32.7 Å². The van der Waals surface area contributed by atoms with Crippen LogP contribution in [0.3, 0.4) is 0 Å². The fourth-order valence-corrected chi connectivity index (χ4v) is 3.46. The smallest absolute Gasteiger partial charge is 0.180 e. The zero-order chi connectivity index (χ0) is 21.6. The Balaban J connectivity index is 1.84. The van der Waals surface area contributed by atoms with Gasteiger partial charge in [0.05, 0.1) is 19.3 Å². The van der Waals surface area contributed by atoms with Gasteiger partial charge in [0, 0.05) is 39.1 Å². The molecule has 1 aromatic rings. The average molecular weight is 458 g/mol. The lowest BCUT2D eigenvalue weighted by molar-refractivity contribution is 0.0373. The van der Waals surface area contributed by atoms with E-state index in [1.165, 1.54) is 0 Å². The topological polar surface area (TPSA) is 97.8 Å². The summed E-state index contributed by atoms with van der Waals surface area (Å²) in [6, 6.07) is 3.90. The van der Waals surface area contributed by atoms with E-state index in [0.717, 1.165) is 70.3 Å². The third-order valence-corrected chi connectivity index (χ3v) is 5.06. The second kappa shape index (κ2) is 14.5. The van der Waals surface area contributed by atoms with Crippen molar-refractivity contribution in [3.8, 4) is 0 Å². The maximum atomic E-state index is 6.11. The van der Waals surface area contributed by atoms with Gasteiger partial charge >= 0.3 is 0 Å². The Morgan fingerprint density at radius 1 is 1.07 bits per heavy atom. The molecule has 1 fully saturated rings. The van der Waals surface area contributed by atoms with Crippen molar-refractivity contribution in [3.63, 3.8) is 0 Å². The van der Waals surface area contributed by atoms with Gasteiger partial charge in [-0.25, -0.2) is 10.9 Å². The molecule has 30 heavy (non-hydrogen) atoms. The largest absolute Gasteiger partial charge is 0.464 e. The van der Waals surface area contributed by atoms with E-state index in [9.17, 15) is 0 Å². The molecule has 2 heterocycles. The lowest BCUT2D eigenvalue weighted by Gasteiger charge is -2.26. The lowest BCUT2D eigenvalue weighted by atomic mass is 10.2. The van der Waals surface area contributed by atoms with E-state index in [2.05, 4.69) is 37.2 Å². The zero-order valence-corrected chi connectivity index (χ0v) is 19.5. The Morgan fingerprint density at radius 2 is 1.77 bits per heavy atom. The average Bonchev–Trinajstić information content (AvgIpc) is 3.20. The molecule has 1 aliphatic heterocycles. The minimum Gasteiger partial charge on any atom is -0.464 e. The predicted octanol–water partition coefficient (Wildman–Crippen LogP) is 0.563. The number of ether oxygens (including phenoxy) is 1. The van der Waals surface area contributed by atoms with Gasteiger partial charge in [0.2, 0.25) is 0 Å². The van der Waals surface area contributed by atoms with Crippen LogP contribution in [0.2, 0.25) is 0 Å². The molecule has 0 bridgehead atoms. The minimum absolute atomic E-state index is 0.147. The Hall–Kier alpha value is -1.50. The van der Waals surface area contributed by atoms with Gasteiger partial charge in [-0.1, -0.05) is 0 Å². The summed E-state index contributed by atoms with van der Waals surface area (Å²) in [5.41, 5.74) is 12.3. The van der Waals surface area contributed by atoms with Gasteiger partial charge in [-0.15, -0.1) is 0 Å². The van der Waals surface area contributed by atoms with Gasteiger partial charge in [0.1, 0.15) is 11.5 Å². The van der Waals surface area contributed by atoms with Crippen LogP contribution in [0.5, 0.6) is 0 Å². The molecule has 1 atom stereocenters. The summed E-state index contributed by atoms with van der Waals surface area (Å²) in [5.74, 6) is 1.81. The molecule has 9 nitrogen and oxygen atoms in total. The second-order valence-corrected chi connectivity index (χ2v) is 7.72. The molecule has 2 rings (SSSR count). The van der Waals surface area contributed by atoms with Gasteiger partial charge < -0.3 is 19.8 Å². The number of nitrogens with zero attached hydrogens (tertiary/aromatic N) is 1. The highest BCUT2D eigenvalue weighted by Gasteiger charge is 2.17. The van der Waals surface area contributed by atoms with Crippen LogP contribution < -0.4 is 32.3 Å². The molecule has 11 heteroatoms. The maximum absolute atomic E-state index is 6.11. The Labute approximate surface area is 190 Å². The molecule has 1 aliphatic rings. The molecule has 6 N–H and O–H groups in total. The number of morpholine rings is 1. The van der Waals surface area contributed by atoms with Crippen LogP contribution in [0.25, 0.3) is 0 Å². The first-order valence-corrected chi connectivity index (χ1v) is 11.4. The third-order valence-electron chi connectivity index (χ3n) is 4.57. The van der Waals surface area contributed by atoms with E-state index in [4.69, 9.17) is 33.6 Å². The van der Waals surface area contributed by atoms with Crippen LogP contribution >= 0.6 is 24.4 Å². The molecule has 0 amide bonds. The number of nitrogens with one attached hydrogen (secondary N) is 6. The van der Waals surface area contributed by atoms with Crippen LogP contribution in [-0.2, 0) is 11.2 Å². The summed E-state index contributed by atoms with van der Waals surface area (Å²) in [6.07, 6.45) is 1.97. The van der Waals surface area contributed by atoms with Crippen molar-refractivity contribution in [2.24, 2.45) is 0 Å². The first kappa shape index (κ1) is 24.8. The summed E-state index contributed by atoms with van der Waals surface area (Å²) in [7, 11) is 0. The van der Waals surface area contributed by atoms with Crippen molar-refractivity contribution >= 4 is 34.7 Å². The fourth-order valence-electron chi connectivity index (χ4n) is 3.04. The molecule has 0 aromatic carbocycles. The summed E-state index contributed by atoms with van der Waals surface area (Å²) in [6.45, 7) is 10.8. The molecule has 1 saturated heterocycles. The molecule has 0 aliphatic carbocycles. The van der Waals surface area contributed by atoms with Gasteiger partial charge in [0.25, 0.3) is 0 Å². The van der Waals surface area contributed by atoms with E-state index >= 15 is 0 Å². The quantitative estimate of drug-likeness (QED) is 0.196. The number of rotatable bonds is 12. The summed E-state index contributed by atoms with van der Waals surface area (Å²) < 4.78 is 11.5. The van der Waals surface area contributed by atoms with Crippen molar-refractivity contribution in [3.05, 3.63) is 23.7 Å². The van der Waals surface area contributed by atoms with E-state index < -0.39 is 0 Å². The highest BCUT2D eigenvalue weighted by molar-refractivity contribution is 7.80. The van der Waals surface area contributed by atoms with Crippen molar-refractivity contribution in [1.82, 2.24) is 37.2 Å². The number of thiocarbonyl (C=S) groups is 2. The van der Waals surface area contributed by atoms with E-state index in [-0.39, 0.29) is 6.04 Å². The molecular formula is C19H35N7O2S2. The normalized spacial score (nSPS) is 15.4. The number of furan rings is 1. The zero-order valence-electron chi connectivity index (χ0n) is 17.9. The Morgan fingerprint density at radius 3 is 2.47 bits per heavy atom. The van der Waals surface area contributed by atoms with Crippen LogP contribution in [0, 0.1) is 0 Å². The van der Waals surface area contributed by atoms with Gasteiger partial charge in [-0.2, -0.15) is 0 Å². The molecule has 0 saturated carbocycles. The Bertz CT molecular complexity index is 638. The molecule has 170 valence electrons. The van der Waals surface area contributed by atoms with E-state index in [0.29, 0.717) is 16.8 Å². The standard InChI is InChI=1S/C19H35N7O2S2/c1-3-20-18(29)24-22-14-16(23-25-19(30)21-4-2)17-8-7-15(28-17)6-5-9-26-10-12-27-13-11-26/h7-8,16,22-23H,3-6,9-14H2,1-2H3,(H2,20,24,29)(H2,21,25,30). The van der Waals surface area contributed by atoms with Crippen LogP contribution in [0.15, 0.2) is 16.5 Å². The summed E-state index contributed by atoms with van der Waals surface area (Å²) in [4.78, 5) is 2.44. The highest BCUT2D eigenvalue weighted by atomic mass is 32.1. The molecule has 1 unspecified atom stereocenters. The summed E-state index contributed by atoms with van der Waals surface area (Å²) in [5, 5.41) is 7.18. The molecule has 1 aromatic heterocycles.